The van der Waals surface area contributed by atoms with E-state index in [1.807, 2.05) is 48.5 Å². The Morgan fingerprint density at radius 3 is 2.50 bits per heavy atom. The minimum Gasteiger partial charge on any atom is -0.507 e. The molecule has 0 atom stereocenters. The molecular weight excluding hydrogens is 444 g/mol. The van der Waals surface area contributed by atoms with E-state index in [9.17, 15) is 18.7 Å². The zero-order valence-electron chi connectivity index (χ0n) is 18.7. The van der Waals surface area contributed by atoms with Gasteiger partial charge < -0.3 is 24.2 Å². The number of amides is 1. The first-order valence-electron chi connectivity index (χ1n) is 10.8. The lowest BCUT2D eigenvalue weighted by atomic mass is 10.1. The van der Waals surface area contributed by atoms with Crippen molar-refractivity contribution < 1.29 is 32.9 Å². The lowest BCUT2D eigenvalue weighted by Crippen LogP contribution is -2.26. The molecule has 3 aromatic rings. The van der Waals surface area contributed by atoms with Gasteiger partial charge in [0.25, 0.3) is 12.3 Å². The second kappa shape index (κ2) is 10.5. The molecule has 0 aromatic heterocycles. The van der Waals surface area contributed by atoms with Crippen LogP contribution in [0, 0.1) is 0 Å². The number of halogens is 2. The van der Waals surface area contributed by atoms with Crippen LogP contribution in [0.2, 0.25) is 0 Å². The lowest BCUT2D eigenvalue weighted by molar-refractivity contribution is 0.0742. The van der Waals surface area contributed by atoms with Crippen LogP contribution >= 0.6 is 0 Å². The molecule has 0 fully saturated rings. The maximum Gasteiger partial charge on any atom is 0.264 e. The molecule has 1 aliphatic heterocycles. The number of alkyl halides is 2. The molecule has 1 heterocycles. The number of phenols is 1. The number of fused-ring (bicyclic) bond motifs is 1. The average Bonchev–Trinajstić information content (AvgIpc) is 3.26. The van der Waals surface area contributed by atoms with Crippen molar-refractivity contribution in [2.45, 2.75) is 26.1 Å². The molecule has 0 aliphatic carbocycles. The number of benzene rings is 3. The van der Waals surface area contributed by atoms with Gasteiger partial charge in [0, 0.05) is 25.8 Å². The summed E-state index contributed by atoms with van der Waals surface area (Å²) in [5.74, 6) is -0.449. The Morgan fingerprint density at radius 2 is 1.76 bits per heavy atom. The van der Waals surface area contributed by atoms with E-state index in [4.69, 9.17) is 14.2 Å². The van der Waals surface area contributed by atoms with Crippen molar-refractivity contribution in [2.75, 3.05) is 20.3 Å². The van der Waals surface area contributed by atoms with Gasteiger partial charge in [0.1, 0.15) is 36.0 Å². The highest BCUT2D eigenvalue weighted by molar-refractivity contribution is 6.00. The van der Waals surface area contributed by atoms with Gasteiger partial charge in [0.2, 0.25) is 0 Å². The Labute approximate surface area is 196 Å². The molecule has 1 N–H and O–H groups in total. The van der Waals surface area contributed by atoms with E-state index in [-0.39, 0.29) is 17.9 Å². The van der Waals surface area contributed by atoms with Crippen molar-refractivity contribution in [1.82, 2.24) is 4.90 Å². The van der Waals surface area contributed by atoms with Gasteiger partial charge in [-0.05, 0) is 41.0 Å². The van der Waals surface area contributed by atoms with Gasteiger partial charge in [-0.2, -0.15) is 0 Å². The van der Waals surface area contributed by atoms with Crippen molar-refractivity contribution in [3.63, 3.8) is 0 Å². The summed E-state index contributed by atoms with van der Waals surface area (Å²) in [6.07, 6.45) is -2.82. The lowest BCUT2D eigenvalue weighted by Gasteiger charge is -2.20. The molecule has 6 nitrogen and oxygen atoms in total. The number of carbonyl (C=O) groups excluding carboxylic acids is 1. The van der Waals surface area contributed by atoms with Gasteiger partial charge in [-0.1, -0.05) is 36.4 Å². The van der Waals surface area contributed by atoms with Gasteiger partial charge in [0.05, 0.1) is 6.61 Å². The minimum absolute atomic E-state index is 0.0651. The minimum atomic E-state index is -2.82. The largest absolute Gasteiger partial charge is 0.507 e. The summed E-state index contributed by atoms with van der Waals surface area (Å²) in [7, 11) is 1.59. The molecule has 0 spiro atoms. The average molecular weight is 469 g/mol. The van der Waals surface area contributed by atoms with Gasteiger partial charge in [-0.15, -0.1) is 0 Å². The third-order valence-corrected chi connectivity index (χ3v) is 5.55. The molecule has 0 saturated heterocycles. The van der Waals surface area contributed by atoms with Crippen LogP contribution in [0.5, 0.6) is 17.2 Å². The zero-order valence-corrected chi connectivity index (χ0v) is 18.7. The molecule has 4 rings (SSSR count). The van der Waals surface area contributed by atoms with Crippen LogP contribution in [0.3, 0.4) is 0 Å². The normalized spacial score (nSPS) is 12.6. The number of carbonyl (C=O) groups is 1. The molecule has 0 unspecified atom stereocenters. The van der Waals surface area contributed by atoms with Crippen LogP contribution in [0.1, 0.15) is 39.0 Å². The maximum absolute atomic E-state index is 13.4. The molecule has 8 heteroatoms. The van der Waals surface area contributed by atoms with E-state index in [0.29, 0.717) is 32.1 Å². The summed E-state index contributed by atoms with van der Waals surface area (Å²) in [5, 5.41) is 10.5. The number of phenolic OH excluding ortho intramolecular Hbond substituents is 1. The van der Waals surface area contributed by atoms with Gasteiger partial charge in [-0.25, -0.2) is 8.78 Å². The van der Waals surface area contributed by atoms with Crippen LogP contribution in [-0.2, 0) is 24.4 Å². The number of hydrogen-bond donors (Lipinski definition) is 1. The molecule has 0 bridgehead atoms. The second-order valence-electron chi connectivity index (χ2n) is 7.92. The molecule has 34 heavy (non-hydrogen) atoms. The van der Waals surface area contributed by atoms with Crippen LogP contribution < -0.4 is 9.47 Å². The van der Waals surface area contributed by atoms with E-state index in [2.05, 4.69) is 0 Å². The molecule has 1 aliphatic rings. The first kappa shape index (κ1) is 23.5. The highest BCUT2D eigenvalue weighted by Crippen LogP contribution is 2.37. The van der Waals surface area contributed by atoms with Crippen molar-refractivity contribution in [2.24, 2.45) is 0 Å². The quantitative estimate of drug-likeness (QED) is 0.442. The van der Waals surface area contributed by atoms with E-state index in [1.165, 1.54) is 4.90 Å². The summed E-state index contributed by atoms with van der Waals surface area (Å²) < 4.78 is 43.1. The van der Waals surface area contributed by atoms with E-state index >= 15 is 0 Å². The number of hydrogen-bond acceptors (Lipinski definition) is 5. The van der Waals surface area contributed by atoms with Crippen LogP contribution in [0.25, 0.3) is 0 Å². The fraction of sp³-hybridized carbons (Fsp3) is 0.269. The summed E-state index contributed by atoms with van der Waals surface area (Å²) in [5.41, 5.74) is 2.11. The fourth-order valence-corrected chi connectivity index (χ4v) is 3.82. The fourth-order valence-electron chi connectivity index (χ4n) is 3.82. The first-order chi connectivity index (χ1) is 16.5. The third-order valence-electron chi connectivity index (χ3n) is 5.55. The number of nitrogens with zero attached hydrogens (tertiary/aromatic N) is 1. The summed E-state index contributed by atoms with van der Waals surface area (Å²) in [6.45, 7) is 1.55. The number of rotatable bonds is 9. The summed E-state index contributed by atoms with van der Waals surface area (Å²) >= 11 is 0. The smallest absolute Gasteiger partial charge is 0.264 e. The number of aromatic hydroxyl groups is 1. The Bertz CT molecular complexity index is 1150. The highest BCUT2D eigenvalue weighted by Gasteiger charge is 2.30. The molecule has 1 amide bonds. The van der Waals surface area contributed by atoms with Gasteiger partial charge >= 0.3 is 0 Å². The van der Waals surface area contributed by atoms with Gasteiger partial charge in [0.15, 0.2) is 0 Å². The van der Waals surface area contributed by atoms with Gasteiger partial charge in [-0.3, -0.25) is 4.79 Å². The monoisotopic (exact) mass is 469 g/mol. The maximum atomic E-state index is 13.4. The summed E-state index contributed by atoms with van der Waals surface area (Å²) in [6, 6.07) is 16.8. The zero-order chi connectivity index (χ0) is 24.1. The second-order valence-corrected chi connectivity index (χ2v) is 7.92. The van der Waals surface area contributed by atoms with Crippen LogP contribution in [-0.4, -0.2) is 36.2 Å². The first-order valence-corrected chi connectivity index (χ1v) is 10.8. The van der Waals surface area contributed by atoms with Crippen molar-refractivity contribution in [1.29, 1.82) is 0 Å². The molecular formula is C26H25F2NO5. The highest BCUT2D eigenvalue weighted by atomic mass is 19.3. The molecule has 178 valence electrons. The molecule has 3 aromatic carbocycles. The summed E-state index contributed by atoms with van der Waals surface area (Å²) in [4.78, 5) is 14.9. The SMILES string of the molecule is COCCOc1ccc2c(c1)CN(C(=O)c1c(O)cc(C(F)F)cc1OCc1ccccc1)C2. The van der Waals surface area contributed by atoms with Crippen LogP contribution in [0.15, 0.2) is 60.7 Å². The Morgan fingerprint density at radius 1 is 1.00 bits per heavy atom. The predicted molar refractivity (Wildman–Crippen MR) is 121 cm³/mol. The Kier molecular flexibility index (Phi) is 7.27. The predicted octanol–water partition coefficient (Wildman–Crippen LogP) is 5.09. The number of methoxy groups -OCH3 is 1. The topological polar surface area (TPSA) is 68.2 Å². The van der Waals surface area contributed by atoms with Crippen molar-refractivity contribution >= 4 is 5.91 Å². The molecule has 0 saturated carbocycles. The van der Waals surface area contributed by atoms with E-state index < -0.39 is 23.6 Å². The van der Waals surface area contributed by atoms with E-state index in [1.54, 1.807) is 7.11 Å². The standard InChI is InChI=1S/C26H25F2NO5/c1-32-9-10-33-21-8-7-18-14-29(15-20(18)11-21)26(31)24-22(30)12-19(25(27)28)13-23(24)34-16-17-5-3-2-4-6-17/h2-8,11-13,25,30H,9-10,14-16H2,1H3. The Balaban J connectivity index is 1.56. The number of ether oxygens (including phenoxy) is 3. The van der Waals surface area contributed by atoms with E-state index in [0.717, 1.165) is 28.8 Å². The van der Waals surface area contributed by atoms with Crippen LogP contribution in [0.4, 0.5) is 8.78 Å². The third kappa shape index (κ3) is 5.28. The van der Waals surface area contributed by atoms with Crippen molar-refractivity contribution in [3.8, 4) is 17.2 Å². The molecule has 0 radical (unpaired) electrons. The Hall–Kier alpha value is -3.65. The van der Waals surface area contributed by atoms with Crippen molar-refractivity contribution in [3.05, 3.63) is 88.5 Å².